The monoisotopic (exact) mass is 277 g/mol. The van der Waals surface area contributed by atoms with Gasteiger partial charge in [-0.3, -0.25) is 9.59 Å². The maximum atomic E-state index is 11.7. The zero-order valence-electron chi connectivity index (χ0n) is 10.4. The van der Waals surface area contributed by atoms with Gasteiger partial charge in [0.25, 0.3) is 0 Å². The van der Waals surface area contributed by atoms with Crippen molar-refractivity contribution in [1.29, 1.82) is 0 Å². The molecule has 1 rings (SSSR count). The normalized spacial score (nSPS) is 23.5. The minimum absolute atomic E-state index is 0.0441. The predicted molar refractivity (Wildman–Crippen MR) is 65.8 cm³/mol. The second kappa shape index (κ2) is 6.17. The van der Waals surface area contributed by atoms with Gasteiger partial charge in [-0.1, -0.05) is 13.3 Å². The van der Waals surface area contributed by atoms with Crippen LogP contribution in [0.3, 0.4) is 0 Å². The van der Waals surface area contributed by atoms with Gasteiger partial charge in [0, 0.05) is 6.54 Å². The lowest BCUT2D eigenvalue weighted by Crippen LogP contribution is -2.37. The first-order valence-electron chi connectivity index (χ1n) is 6.06. The van der Waals surface area contributed by atoms with Crippen LogP contribution in [-0.2, 0) is 19.4 Å². The Kier molecular flexibility index (Phi) is 5.13. The van der Waals surface area contributed by atoms with Gasteiger partial charge in [0.15, 0.2) is 9.84 Å². The van der Waals surface area contributed by atoms with Crippen molar-refractivity contribution < 1.29 is 23.1 Å². The summed E-state index contributed by atoms with van der Waals surface area (Å²) in [7, 11) is -3.08. The molecule has 1 aliphatic heterocycles. The lowest BCUT2D eigenvalue weighted by Gasteiger charge is -2.14. The summed E-state index contributed by atoms with van der Waals surface area (Å²) in [6, 6.07) is 0. The van der Waals surface area contributed by atoms with Crippen LogP contribution in [-0.4, -0.2) is 43.5 Å². The van der Waals surface area contributed by atoms with Crippen molar-refractivity contribution in [2.24, 2.45) is 11.8 Å². The van der Waals surface area contributed by atoms with E-state index in [1.165, 1.54) is 0 Å². The van der Waals surface area contributed by atoms with Crippen LogP contribution in [0, 0.1) is 11.8 Å². The van der Waals surface area contributed by atoms with E-state index in [2.05, 4.69) is 5.32 Å². The van der Waals surface area contributed by atoms with Crippen molar-refractivity contribution in [2.75, 3.05) is 18.1 Å². The molecule has 7 heteroatoms. The van der Waals surface area contributed by atoms with Gasteiger partial charge in [-0.25, -0.2) is 8.42 Å². The van der Waals surface area contributed by atoms with E-state index in [1.807, 2.05) is 6.92 Å². The molecule has 6 nitrogen and oxygen atoms in total. The smallest absolute Gasteiger partial charge is 0.308 e. The summed E-state index contributed by atoms with van der Waals surface area (Å²) < 4.78 is 22.4. The molecule has 18 heavy (non-hydrogen) atoms. The van der Waals surface area contributed by atoms with Crippen molar-refractivity contribution >= 4 is 21.7 Å². The molecule has 0 saturated carbocycles. The number of carbonyl (C=O) groups excluding carboxylic acids is 1. The number of carboxylic acids is 1. The van der Waals surface area contributed by atoms with Crippen molar-refractivity contribution in [3.05, 3.63) is 0 Å². The van der Waals surface area contributed by atoms with Gasteiger partial charge in [-0.05, 0) is 12.8 Å². The summed E-state index contributed by atoms with van der Waals surface area (Å²) in [6.07, 6.45) is 1.56. The highest BCUT2D eigenvalue weighted by atomic mass is 32.2. The number of hydrogen-bond acceptors (Lipinski definition) is 4. The number of amides is 1. The SMILES string of the molecule is CCCC(CNC(=O)C1CCS(=O)(=O)C1)C(=O)O. The summed E-state index contributed by atoms with van der Waals surface area (Å²) in [5.74, 6) is -2.48. The molecule has 2 unspecified atom stereocenters. The molecule has 0 aromatic heterocycles. The molecule has 0 radical (unpaired) electrons. The summed E-state index contributed by atoms with van der Waals surface area (Å²) >= 11 is 0. The summed E-state index contributed by atoms with van der Waals surface area (Å²) in [4.78, 5) is 22.6. The third kappa shape index (κ3) is 4.29. The Labute approximate surface area is 107 Å². The van der Waals surface area contributed by atoms with E-state index in [1.54, 1.807) is 0 Å². The minimum atomic E-state index is -3.08. The quantitative estimate of drug-likeness (QED) is 0.714. The zero-order chi connectivity index (χ0) is 13.8. The first-order chi connectivity index (χ1) is 8.35. The van der Waals surface area contributed by atoms with Gasteiger partial charge in [0.05, 0.1) is 23.3 Å². The molecule has 0 bridgehead atoms. The van der Waals surface area contributed by atoms with Gasteiger partial charge >= 0.3 is 5.97 Å². The van der Waals surface area contributed by atoms with Crippen molar-refractivity contribution in [3.63, 3.8) is 0 Å². The summed E-state index contributed by atoms with van der Waals surface area (Å²) in [6.45, 7) is 1.94. The fourth-order valence-corrected chi connectivity index (χ4v) is 3.77. The standard InChI is InChI=1S/C11H19NO5S/c1-2-3-8(11(14)15)6-12-10(13)9-4-5-18(16,17)7-9/h8-9H,2-7H2,1H3,(H,12,13)(H,14,15). The fourth-order valence-electron chi connectivity index (χ4n) is 2.03. The number of carboxylic acid groups (broad SMARTS) is 1. The fraction of sp³-hybridized carbons (Fsp3) is 0.818. The molecule has 1 aliphatic rings. The number of rotatable bonds is 6. The van der Waals surface area contributed by atoms with E-state index in [-0.39, 0.29) is 24.0 Å². The molecule has 2 N–H and O–H groups in total. The zero-order valence-corrected chi connectivity index (χ0v) is 11.2. The summed E-state index contributed by atoms with van der Waals surface area (Å²) in [5, 5.41) is 11.5. The average Bonchev–Trinajstić information content (AvgIpc) is 2.64. The molecule has 1 saturated heterocycles. The maximum Gasteiger partial charge on any atom is 0.308 e. The van der Waals surface area contributed by atoms with Gasteiger partial charge in [-0.15, -0.1) is 0 Å². The molecule has 1 heterocycles. The number of carbonyl (C=O) groups is 2. The minimum Gasteiger partial charge on any atom is -0.481 e. The first kappa shape index (κ1) is 14.9. The molecular formula is C11H19NO5S. The lowest BCUT2D eigenvalue weighted by molar-refractivity contribution is -0.142. The van der Waals surface area contributed by atoms with E-state index < -0.39 is 27.6 Å². The molecular weight excluding hydrogens is 258 g/mol. The molecule has 1 amide bonds. The highest BCUT2D eigenvalue weighted by Gasteiger charge is 2.33. The largest absolute Gasteiger partial charge is 0.481 e. The molecule has 0 aromatic carbocycles. The Balaban J connectivity index is 2.43. The number of hydrogen-bond donors (Lipinski definition) is 2. The number of nitrogens with one attached hydrogen (secondary N) is 1. The Bertz CT molecular complexity index is 417. The number of aliphatic carboxylic acids is 1. The van der Waals surface area contributed by atoms with Crippen molar-refractivity contribution in [2.45, 2.75) is 26.2 Å². The highest BCUT2D eigenvalue weighted by molar-refractivity contribution is 7.91. The van der Waals surface area contributed by atoms with Crippen LogP contribution >= 0.6 is 0 Å². The van der Waals surface area contributed by atoms with Gasteiger partial charge in [-0.2, -0.15) is 0 Å². The third-order valence-corrected chi connectivity index (χ3v) is 4.88. The predicted octanol–water partition coefficient (Wildman–Crippen LogP) is 0.0382. The average molecular weight is 277 g/mol. The highest BCUT2D eigenvalue weighted by Crippen LogP contribution is 2.18. The number of sulfone groups is 1. The molecule has 104 valence electrons. The molecule has 1 fully saturated rings. The van der Waals surface area contributed by atoms with Crippen molar-refractivity contribution in [1.82, 2.24) is 5.32 Å². The van der Waals surface area contributed by atoms with E-state index in [0.717, 1.165) is 6.42 Å². The topological polar surface area (TPSA) is 101 Å². The van der Waals surface area contributed by atoms with E-state index in [4.69, 9.17) is 5.11 Å². The van der Waals surface area contributed by atoms with Crippen LogP contribution in [0.1, 0.15) is 26.2 Å². The van der Waals surface area contributed by atoms with Crippen LogP contribution in [0.5, 0.6) is 0 Å². The second-order valence-corrected chi connectivity index (χ2v) is 6.90. The second-order valence-electron chi connectivity index (χ2n) is 4.67. The first-order valence-corrected chi connectivity index (χ1v) is 7.88. The van der Waals surface area contributed by atoms with Crippen molar-refractivity contribution in [3.8, 4) is 0 Å². The Morgan fingerprint density at radius 1 is 1.44 bits per heavy atom. The van der Waals surface area contributed by atoms with E-state index in [9.17, 15) is 18.0 Å². The van der Waals surface area contributed by atoms with Gasteiger partial charge < -0.3 is 10.4 Å². The van der Waals surface area contributed by atoms with E-state index >= 15 is 0 Å². The summed E-state index contributed by atoms with van der Waals surface area (Å²) in [5.41, 5.74) is 0. The van der Waals surface area contributed by atoms with Gasteiger partial charge in [0.2, 0.25) is 5.91 Å². The third-order valence-electron chi connectivity index (χ3n) is 3.11. The lowest BCUT2D eigenvalue weighted by atomic mass is 10.0. The molecule has 0 aromatic rings. The Hall–Kier alpha value is -1.11. The van der Waals surface area contributed by atoms with Crippen LogP contribution in [0.25, 0.3) is 0 Å². The molecule has 0 spiro atoms. The van der Waals surface area contributed by atoms with Crippen LogP contribution in [0.2, 0.25) is 0 Å². The van der Waals surface area contributed by atoms with Crippen LogP contribution in [0.15, 0.2) is 0 Å². The molecule has 0 aliphatic carbocycles. The molecule has 2 atom stereocenters. The van der Waals surface area contributed by atoms with Gasteiger partial charge in [0.1, 0.15) is 0 Å². The van der Waals surface area contributed by atoms with Crippen LogP contribution in [0.4, 0.5) is 0 Å². The maximum absolute atomic E-state index is 11.7. The Morgan fingerprint density at radius 3 is 2.56 bits per heavy atom. The Morgan fingerprint density at radius 2 is 2.11 bits per heavy atom. The van der Waals surface area contributed by atoms with E-state index in [0.29, 0.717) is 12.8 Å². The van der Waals surface area contributed by atoms with Crippen LogP contribution < -0.4 is 5.32 Å².